The largest absolute Gasteiger partial charge is 0.464 e. The first-order valence-electron chi connectivity index (χ1n) is 5.59. The summed E-state index contributed by atoms with van der Waals surface area (Å²) in [6.45, 7) is 3.77. The lowest BCUT2D eigenvalue weighted by atomic mass is 10.3. The zero-order valence-corrected chi connectivity index (χ0v) is 9.50. The van der Waals surface area contributed by atoms with Crippen LogP contribution in [-0.2, 0) is 11.7 Å². The van der Waals surface area contributed by atoms with Gasteiger partial charge in [-0.1, -0.05) is 6.07 Å². The van der Waals surface area contributed by atoms with Gasteiger partial charge >= 0.3 is 6.09 Å². The molecule has 0 bridgehead atoms. The molecule has 1 amide bonds. The third kappa shape index (κ3) is 3.69. The molecule has 2 rings (SSSR count). The Morgan fingerprint density at radius 2 is 2.06 bits per heavy atom. The van der Waals surface area contributed by atoms with Crippen LogP contribution >= 0.6 is 0 Å². The standard InChI is InChI=1S/C11H15N4O2/c16-11(17)13-15-7-5-14(6-8-15)9-10-3-1-2-4-12-10/h1-4,13H,5-9H2. The van der Waals surface area contributed by atoms with Crippen LogP contribution in [0.5, 0.6) is 0 Å². The van der Waals surface area contributed by atoms with Crippen LogP contribution in [0, 0.1) is 0 Å². The number of nitrogens with zero attached hydrogens (tertiary/aromatic N) is 3. The monoisotopic (exact) mass is 235 g/mol. The minimum atomic E-state index is -1.25. The summed E-state index contributed by atoms with van der Waals surface area (Å²) in [5, 5.41) is 12.0. The fourth-order valence-electron chi connectivity index (χ4n) is 1.87. The van der Waals surface area contributed by atoms with Gasteiger partial charge < -0.3 is 0 Å². The van der Waals surface area contributed by atoms with E-state index in [1.54, 1.807) is 11.2 Å². The minimum absolute atomic E-state index is 0.667. The minimum Gasteiger partial charge on any atom is -0.295 e. The maximum absolute atomic E-state index is 10.4. The Kier molecular flexibility index (Phi) is 3.89. The number of rotatable bonds is 3. The maximum Gasteiger partial charge on any atom is 0.464 e. The lowest BCUT2D eigenvalue weighted by Gasteiger charge is -2.33. The summed E-state index contributed by atoms with van der Waals surface area (Å²) in [5.74, 6) is 0. The van der Waals surface area contributed by atoms with Gasteiger partial charge in [-0.05, 0) is 12.1 Å². The Bertz CT molecular complexity index is 363. The average molecular weight is 235 g/mol. The van der Waals surface area contributed by atoms with Crippen LogP contribution in [0.1, 0.15) is 5.69 Å². The van der Waals surface area contributed by atoms with Gasteiger partial charge in [-0.2, -0.15) is 0 Å². The third-order valence-corrected chi connectivity index (χ3v) is 2.73. The highest BCUT2D eigenvalue weighted by Gasteiger charge is 2.18. The third-order valence-electron chi connectivity index (χ3n) is 2.73. The molecule has 0 aromatic carbocycles. The predicted octanol–water partition coefficient (Wildman–Crippen LogP) is 0.254. The second kappa shape index (κ2) is 5.60. The summed E-state index contributed by atoms with van der Waals surface area (Å²) in [7, 11) is 0. The number of hydrogen-bond donors (Lipinski definition) is 1. The van der Waals surface area contributed by atoms with Crippen molar-refractivity contribution in [2.24, 2.45) is 0 Å². The van der Waals surface area contributed by atoms with E-state index in [1.165, 1.54) is 0 Å². The SMILES string of the molecule is [O]C(=O)NN1CCN(Cc2ccccn2)CC1. The highest BCUT2D eigenvalue weighted by molar-refractivity contribution is 5.63. The fourth-order valence-corrected chi connectivity index (χ4v) is 1.87. The van der Waals surface area contributed by atoms with Crippen molar-refractivity contribution in [3.63, 3.8) is 0 Å². The summed E-state index contributed by atoms with van der Waals surface area (Å²) < 4.78 is 0. The van der Waals surface area contributed by atoms with Crippen molar-refractivity contribution in [3.8, 4) is 0 Å². The van der Waals surface area contributed by atoms with E-state index in [-0.39, 0.29) is 0 Å². The maximum atomic E-state index is 10.4. The number of carbonyl (C=O) groups is 1. The van der Waals surface area contributed by atoms with E-state index in [0.717, 1.165) is 25.3 Å². The van der Waals surface area contributed by atoms with E-state index in [1.807, 2.05) is 18.2 Å². The number of aromatic nitrogens is 1. The van der Waals surface area contributed by atoms with Gasteiger partial charge in [0, 0.05) is 38.9 Å². The lowest BCUT2D eigenvalue weighted by Crippen LogP contribution is -2.52. The van der Waals surface area contributed by atoms with E-state index in [0.29, 0.717) is 13.1 Å². The topological polar surface area (TPSA) is 68.4 Å². The van der Waals surface area contributed by atoms with Crippen LogP contribution in [0.2, 0.25) is 0 Å². The summed E-state index contributed by atoms with van der Waals surface area (Å²) in [4.78, 5) is 16.9. The molecule has 0 aliphatic carbocycles. The molecule has 0 saturated carbocycles. The molecule has 17 heavy (non-hydrogen) atoms. The molecule has 1 saturated heterocycles. The van der Waals surface area contributed by atoms with Gasteiger partial charge in [-0.3, -0.25) is 15.3 Å². The summed E-state index contributed by atoms with van der Waals surface area (Å²) in [6, 6.07) is 5.85. The second-order valence-electron chi connectivity index (χ2n) is 3.98. The van der Waals surface area contributed by atoms with Crippen molar-refractivity contribution in [1.82, 2.24) is 20.3 Å². The molecule has 1 fully saturated rings. The molecule has 1 radical (unpaired) electrons. The molecule has 1 aliphatic heterocycles. The number of piperazine rings is 1. The predicted molar refractivity (Wildman–Crippen MR) is 60.3 cm³/mol. The van der Waals surface area contributed by atoms with Gasteiger partial charge in [0.25, 0.3) is 0 Å². The van der Waals surface area contributed by atoms with Gasteiger partial charge in [-0.15, -0.1) is 0 Å². The summed E-state index contributed by atoms with van der Waals surface area (Å²) in [6.07, 6.45) is 0.534. The van der Waals surface area contributed by atoms with Crippen LogP contribution in [0.4, 0.5) is 4.79 Å². The van der Waals surface area contributed by atoms with Crippen molar-refractivity contribution in [1.29, 1.82) is 0 Å². The van der Waals surface area contributed by atoms with Crippen LogP contribution < -0.4 is 5.43 Å². The van der Waals surface area contributed by atoms with Crippen molar-refractivity contribution < 1.29 is 9.90 Å². The molecule has 1 aliphatic rings. The van der Waals surface area contributed by atoms with E-state index < -0.39 is 6.09 Å². The van der Waals surface area contributed by atoms with E-state index in [4.69, 9.17) is 0 Å². The van der Waals surface area contributed by atoms with Gasteiger partial charge in [-0.25, -0.2) is 14.9 Å². The number of carbonyl (C=O) groups excluding carboxylic acids is 1. The Morgan fingerprint density at radius 3 is 2.65 bits per heavy atom. The number of hydrogen-bond acceptors (Lipinski definition) is 4. The highest BCUT2D eigenvalue weighted by atomic mass is 16.4. The number of pyridine rings is 1. The zero-order chi connectivity index (χ0) is 12.1. The van der Waals surface area contributed by atoms with Crippen molar-refractivity contribution in [2.75, 3.05) is 26.2 Å². The van der Waals surface area contributed by atoms with Gasteiger partial charge in [0.1, 0.15) is 0 Å². The van der Waals surface area contributed by atoms with Crippen LogP contribution in [0.15, 0.2) is 24.4 Å². The molecular formula is C11H15N4O2. The Labute approximate surface area is 99.8 Å². The first kappa shape index (κ1) is 11.8. The van der Waals surface area contributed by atoms with Gasteiger partial charge in [0.2, 0.25) is 0 Å². The second-order valence-corrected chi connectivity index (χ2v) is 3.98. The number of hydrazine groups is 1. The van der Waals surface area contributed by atoms with E-state index >= 15 is 0 Å². The van der Waals surface area contributed by atoms with Crippen molar-refractivity contribution >= 4 is 6.09 Å². The molecule has 6 nitrogen and oxygen atoms in total. The van der Waals surface area contributed by atoms with Crippen LogP contribution in [0.25, 0.3) is 0 Å². The normalized spacial score (nSPS) is 17.9. The summed E-state index contributed by atoms with van der Waals surface area (Å²) >= 11 is 0. The van der Waals surface area contributed by atoms with Crippen LogP contribution in [-0.4, -0.2) is 47.2 Å². The number of amides is 1. The molecule has 1 N–H and O–H groups in total. The smallest absolute Gasteiger partial charge is 0.295 e. The Balaban J connectivity index is 1.78. The summed E-state index contributed by atoms with van der Waals surface area (Å²) in [5.41, 5.74) is 3.30. The molecule has 6 heteroatoms. The molecule has 1 aromatic heterocycles. The molecule has 0 spiro atoms. The zero-order valence-electron chi connectivity index (χ0n) is 9.50. The molecule has 91 valence electrons. The van der Waals surface area contributed by atoms with Crippen molar-refractivity contribution in [3.05, 3.63) is 30.1 Å². The van der Waals surface area contributed by atoms with Crippen LogP contribution in [0.3, 0.4) is 0 Å². The Morgan fingerprint density at radius 1 is 1.29 bits per heavy atom. The average Bonchev–Trinajstić information content (AvgIpc) is 2.32. The van der Waals surface area contributed by atoms with Crippen molar-refractivity contribution in [2.45, 2.75) is 6.54 Å². The lowest BCUT2D eigenvalue weighted by molar-refractivity contribution is 0.0717. The number of nitrogens with one attached hydrogen (secondary N) is 1. The highest BCUT2D eigenvalue weighted by Crippen LogP contribution is 2.04. The van der Waals surface area contributed by atoms with E-state index in [2.05, 4.69) is 15.3 Å². The first-order valence-corrected chi connectivity index (χ1v) is 5.59. The van der Waals surface area contributed by atoms with E-state index in [9.17, 15) is 9.90 Å². The molecule has 2 heterocycles. The molecule has 0 atom stereocenters. The molecule has 1 aromatic rings. The first-order chi connectivity index (χ1) is 8.24. The molecule has 0 unspecified atom stereocenters. The molecular weight excluding hydrogens is 220 g/mol. The Hall–Kier alpha value is -1.66. The van der Waals surface area contributed by atoms with Gasteiger partial charge in [0.05, 0.1) is 5.69 Å². The quantitative estimate of drug-likeness (QED) is 0.815. The van der Waals surface area contributed by atoms with Gasteiger partial charge in [0.15, 0.2) is 0 Å². The fraction of sp³-hybridized carbons (Fsp3) is 0.455.